The van der Waals surface area contributed by atoms with E-state index in [9.17, 15) is 14.0 Å². The summed E-state index contributed by atoms with van der Waals surface area (Å²) < 4.78 is 13.5. The predicted molar refractivity (Wildman–Crippen MR) is 86.6 cm³/mol. The highest BCUT2D eigenvalue weighted by Crippen LogP contribution is 2.16. The molecule has 1 rings (SSSR count). The van der Waals surface area contributed by atoms with Gasteiger partial charge in [-0.1, -0.05) is 19.9 Å². The van der Waals surface area contributed by atoms with E-state index >= 15 is 0 Å². The molecule has 5 nitrogen and oxygen atoms in total. The lowest BCUT2D eigenvalue weighted by atomic mass is 10.1. The second-order valence-electron chi connectivity index (χ2n) is 5.34. The Balaban J connectivity index is 2.29. The smallest absolute Gasteiger partial charge is 0.239 e. The summed E-state index contributed by atoms with van der Waals surface area (Å²) in [7, 11) is 0. The fraction of sp³-hybridized carbons (Fsp3) is 0.467. The Morgan fingerprint density at radius 3 is 2.59 bits per heavy atom. The lowest BCUT2D eigenvalue weighted by Gasteiger charge is -2.15. The maximum atomic E-state index is 13.1. The van der Waals surface area contributed by atoms with Crippen LogP contribution in [0.2, 0.25) is 0 Å². The van der Waals surface area contributed by atoms with Gasteiger partial charge in [0.15, 0.2) is 0 Å². The molecule has 0 heterocycles. The highest BCUT2D eigenvalue weighted by atomic mass is 79.9. The Morgan fingerprint density at radius 2 is 2.00 bits per heavy atom. The van der Waals surface area contributed by atoms with Crippen LogP contribution in [0.25, 0.3) is 0 Å². The van der Waals surface area contributed by atoms with Crippen LogP contribution in [-0.4, -0.2) is 30.9 Å². The summed E-state index contributed by atoms with van der Waals surface area (Å²) in [5.41, 5.74) is 6.57. The number of hydrogen-bond acceptors (Lipinski definition) is 3. The van der Waals surface area contributed by atoms with E-state index in [1.807, 2.05) is 13.8 Å². The number of hydrogen-bond donors (Lipinski definition) is 3. The molecular weight excluding hydrogens is 353 g/mol. The fourth-order valence-electron chi connectivity index (χ4n) is 1.69. The molecule has 0 bridgehead atoms. The molecule has 22 heavy (non-hydrogen) atoms. The van der Waals surface area contributed by atoms with Gasteiger partial charge in [-0.2, -0.15) is 0 Å². The molecular formula is C15H21BrFN3O2. The Kier molecular flexibility index (Phi) is 7.47. The largest absolute Gasteiger partial charge is 0.354 e. The third-order valence-electron chi connectivity index (χ3n) is 3.16. The molecule has 0 aliphatic rings. The van der Waals surface area contributed by atoms with Crippen LogP contribution in [0, 0.1) is 11.7 Å². The second-order valence-corrected chi connectivity index (χ2v) is 6.19. The zero-order chi connectivity index (χ0) is 16.7. The van der Waals surface area contributed by atoms with Crippen LogP contribution in [-0.2, 0) is 16.0 Å². The average Bonchev–Trinajstić information content (AvgIpc) is 2.47. The molecule has 0 unspecified atom stereocenters. The van der Waals surface area contributed by atoms with Crippen molar-refractivity contribution in [2.24, 2.45) is 11.7 Å². The number of carbonyl (C=O) groups is 2. The van der Waals surface area contributed by atoms with Gasteiger partial charge in [0.05, 0.1) is 17.1 Å². The number of rotatable bonds is 7. The third kappa shape index (κ3) is 6.11. The first-order chi connectivity index (χ1) is 10.3. The number of benzene rings is 1. The van der Waals surface area contributed by atoms with E-state index < -0.39 is 6.04 Å². The number of nitrogens with one attached hydrogen (secondary N) is 2. The first kappa shape index (κ1) is 18.6. The van der Waals surface area contributed by atoms with Gasteiger partial charge in [-0.25, -0.2) is 4.39 Å². The SMILES string of the molecule is CC(C)[C@H](N)C(=O)NCC(=O)NCCc1ccc(F)c(Br)c1. The molecule has 0 aliphatic carbocycles. The van der Waals surface area contributed by atoms with E-state index in [4.69, 9.17) is 5.73 Å². The van der Waals surface area contributed by atoms with E-state index in [-0.39, 0.29) is 30.1 Å². The zero-order valence-corrected chi connectivity index (χ0v) is 14.2. The maximum absolute atomic E-state index is 13.1. The van der Waals surface area contributed by atoms with Crippen LogP contribution < -0.4 is 16.4 Å². The van der Waals surface area contributed by atoms with Crippen molar-refractivity contribution in [1.29, 1.82) is 0 Å². The lowest BCUT2D eigenvalue weighted by Crippen LogP contribution is -2.47. The minimum atomic E-state index is -0.621. The number of carbonyl (C=O) groups excluding carboxylic acids is 2. The highest BCUT2D eigenvalue weighted by molar-refractivity contribution is 9.10. The monoisotopic (exact) mass is 373 g/mol. The third-order valence-corrected chi connectivity index (χ3v) is 3.77. The normalized spacial score (nSPS) is 12.1. The van der Waals surface area contributed by atoms with Gasteiger partial charge in [-0.15, -0.1) is 0 Å². The van der Waals surface area contributed by atoms with Crippen molar-refractivity contribution in [1.82, 2.24) is 10.6 Å². The molecule has 1 aromatic carbocycles. The molecule has 4 N–H and O–H groups in total. The van der Waals surface area contributed by atoms with Crippen LogP contribution in [0.4, 0.5) is 4.39 Å². The second kappa shape index (κ2) is 8.85. The molecule has 1 aromatic rings. The van der Waals surface area contributed by atoms with Crippen molar-refractivity contribution in [3.05, 3.63) is 34.1 Å². The molecule has 0 aromatic heterocycles. The number of halogens is 2. The average molecular weight is 374 g/mol. The minimum Gasteiger partial charge on any atom is -0.354 e. The molecule has 2 amide bonds. The van der Waals surface area contributed by atoms with Crippen LogP contribution in [0.3, 0.4) is 0 Å². The molecule has 1 atom stereocenters. The van der Waals surface area contributed by atoms with Crippen molar-refractivity contribution in [3.8, 4) is 0 Å². The topological polar surface area (TPSA) is 84.2 Å². The van der Waals surface area contributed by atoms with Crippen LogP contribution >= 0.6 is 15.9 Å². The van der Waals surface area contributed by atoms with Gasteiger partial charge in [-0.3, -0.25) is 9.59 Å². The molecule has 122 valence electrons. The summed E-state index contributed by atoms with van der Waals surface area (Å²) in [4.78, 5) is 23.2. The van der Waals surface area contributed by atoms with Crippen molar-refractivity contribution in [2.75, 3.05) is 13.1 Å². The summed E-state index contributed by atoms with van der Waals surface area (Å²) in [6.07, 6.45) is 0.573. The number of nitrogens with two attached hydrogens (primary N) is 1. The maximum Gasteiger partial charge on any atom is 0.239 e. The summed E-state index contributed by atoms with van der Waals surface area (Å²) in [5.74, 6) is -0.935. The summed E-state index contributed by atoms with van der Waals surface area (Å²) in [6.45, 7) is 3.98. The van der Waals surface area contributed by atoms with Gasteiger partial charge in [-0.05, 0) is 46.0 Å². The van der Waals surface area contributed by atoms with Gasteiger partial charge in [0.1, 0.15) is 5.82 Å². The van der Waals surface area contributed by atoms with Crippen LogP contribution in [0.5, 0.6) is 0 Å². The van der Waals surface area contributed by atoms with Crippen molar-refractivity contribution in [2.45, 2.75) is 26.3 Å². The lowest BCUT2D eigenvalue weighted by molar-refractivity contribution is -0.127. The molecule has 0 saturated heterocycles. The van der Waals surface area contributed by atoms with Crippen LogP contribution in [0.1, 0.15) is 19.4 Å². The quantitative estimate of drug-likeness (QED) is 0.674. The molecule has 7 heteroatoms. The van der Waals surface area contributed by atoms with Crippen molar-refractivity contribution in [3.63, 3.8) is 0 Å². The summed E-state index contributed by atoms with van der Waals surface area (Å²) in [6, 6.07) is 4.08. The van der Waals surface area contributed by atoms with Gasteiger partial charge < -0.3 is 16.4 Å². The summed E-state index contributed by atoms with van der Waals surface area (Å²) in [5, 5.41) is 5.18. The fourth-order valence-corrected chi connectivity index (χ4v) is 2.12. The molecule has 0 saturated carbocycles. The standard InChI is InChI=1S/C15H21BrFN3O2/c1-9(2)14(18)15(22)20-8-13(21)19-6-5-10-3-4-12(17)11(16)7-10/h3-4,7,9,14H,5-6,8,18H2,1-2H3,(H,19,21)(H,20,22)/t14-/m0/s1. The molecule has 0 spiro atoms. The first-order valence-corrected chi connectivity index (χ1v) is 7.84. The Hall–Kier alpha value is -1.47. The first-order valence-electron chi connectivity index (χ1n) is 7.05. The van der Waals surface area contributed by atoms with E-state index in [2.05, 4.69) is 26.6 Å². The molecule has 0 radical (unpaired) electrons. The zero-order valence-electron chi connectivity index (χ0n) is 12.7. The number of amides is 2. The van der Waals surface area contributed by atoms with Crippen molar-refractivity contribution >= 4 is 27.7 Å². The van der Waals surface area contributed by atoms with Gasteiger partial charge >= 0.3 is 0 Å². The Morgan fingerprint density at radius 1 is 1.32 bits per heavy atom. The van der Waals surface area contributed by atoms with E-state index in [0.29, 0.717) is 17.4 Å². The highest BCUT2D eigenvalue weighted by Gasteiger charge is 2.17. The van der Waals surface area contributed by atoms with Gasteiger partial charge in [0, 0.05) is 6.54 Å². The van der Waals surface area contributed by atoms with Crippen LogP contribution in [0.15, 0.2) is 22.7 Å². The summed E-state index contributed by atoms with van der Waals surface area (Å²) >= 11 is 3.11. The van der Waals surface area contributed by atoms with Gasteiger partial charge in [0.2, 0.25) is 11.8 Å². The molecule has 0 fully saturated rings. The molecule has 0 aliphatic heterocycles. The van der Waals surface area contributed by atoms with E-state index in [0.717, 1.165) is 5.56 Å². The predicted octanol–water partition coefficient (Wildman–Crippen LogP) is 1.35. The van der Waals surface area contributed by atoms with Crippen molar-refractivity contribution < 1.29 is 14.0 Å². The minimum absolute atomic E-state index is 0.0139. The Bertz CT molecular complexity index is 538. The van der Waals surface area contributed by atoms with E-state index in [1.54, 1.807) is 12.1 Å². The Labute approximate surface area is 138 Å². The van der Waals surface area contributed by atoms with E-state index in [1.165, 1.54) is 6.07 Å². The van der Waals surface area contributed by atoms with Gasteiger partial charge in [0.25, 0.3) is 0 Å².